The minimum atomic E-state index is 0.0369. The molecule has 0 unspecified atom stereocenters. The molecule has 1 fully saturated rings. The third-order valence-corrected chi connectivity index (χ3v) is 3.73. The lowest BCUT2D eigenvalue weighted by molar-refractivity contribution is -0.117. The molecule has 2 rings (SSSR count). The molecule has 18 heavy (non-hydrogen) atoms. The molecule has 1 aromatic carbocycles. The summed E-state index contributed by atoms with van der Waals surface area (Å²) in [5.74, 6) is 0.0369. The molecule has 0 aromatic heterocycles. The highest BCUT2D eigenvalue weighted by Gasteiger charge is 2.22. The molecule has 4 nitrogen and oxygen atoms in total. The first-order valence-corrected chi connectivity index (χ1v) is 6.82. The van der Waals surface area contributed by atoms with Crippen molar-refractivity contribution in [2.24, 2.45) is 0 Å². The van der Waals surface area contributed by atoms with Crippen LogP contribution in [-0.4, -0.2) is 43.5 Å². The van der Waals surface area contributed by atoms with Gasteiger partial charge in [-0.15, -0.1) is 0 Å². The van der Waals surface area contributed by atoms with Crippen molar-refractivity contribution in [3.05, 3.63) is 28.2 Å². The quantitative estimate of drug-likeness (QED) is 0.888. The van der Waals surface area contributed by atoms with E-state index in [4.69, 9.17) is 0 Å². The third kappa shape index (κ3) is 3.31. The standard InChI is InChI=1S/C13H18BrN3O/c1-9-5-10(14)3-4-12(9)16-13(18)8-17(2)11-6-15-7-11/h3-5,11,15H,6-8H2,1-2H3,(H,16,18). The van der Waals surface area contributed by atoms with E-state index < -0.39 is 0 Å². The van der Waals surface area contributed by atoms with Crippen LogP contribution in [0.1, 0.15) is 5.56 Å². The predicted molar refractivity (Wildman–Crippen MR) is 76.8 cm³/mol. The van der Waals surface area contributed by atoms with Crippen molar-refractivity contribution < 1.29 is 4.79 Å². The SMILES string of the molecule is Cc1cc(Br)ccc1NC(=O)CN(C)C1CNC1. The topological polar surface area (TPSA) is 44.4 Å². The van der Waals surface area contributed by atoms with Gasteiger partial charge in [-0.25, -0.2) is 0 Å². The van der Waals surface area contributed by atoms with Crippen molar-refractivity contribution in [3.8, 4) is 0 Å². The number of anilines is 1. The van der Waals surface area contributed by atoms with Gasteiger partial charge in [0.15, 0.2) is 0 Å². The molecule has 0 spiro atoms. The number of hydrogen-bond acceptors (Lipinski definition) is 3. The fourth-order valence-electron chi connectivity index (χ4n) is 1.90. The molecule has 0 bridgehead atoms. The van der Waals surface area contributed by atoms with Gasteiger partial charge in [-0.3, -0.25) is 9.69 Å². The Morgan fingerprint density at radius 2 is 2.28 bits per heavy atom. The van der Waals surface area contributed by atoms with Crippen molar-refractivity contribution >= 4 is 27.5 Å². The molecule has 0 saturated carbocycles. The summed E-state index contributed by atoms with van der Waals surface area (Å²) in [4.78, 5) is 14.0. The smallest absolute Gasteiger partial charge is 0.238 e. The van der Waals surface area contributed by atoms with Gasteiger partial charge in [0.05, 0.1) is 6.54 Å². The number of halogens is 1. The van der Waals surface area contributed by atoms with Crippen molar-refractivity contribution in [1.82, 2.24) is 10.2 Å². The molecule has 5 heteroatoms. The van der Waals surface area contributed by atoms with Crippen LogP contribution in [-0.2, 0) is 4.79 Å². The number of rotatable bonds is 4. The number of amides is 1. The number of carbonyl (C=O) groups is 1. The highest BCUT2D eigenvalue weighted by atomic mass is 79.9. The second-order valence-corrected chi connectivity index (χ2v) is 5.65. The van der Waals surface area contributed by atoms with Crippen LogP contribution in [0.4, 0.5) is 5.69 Å². The number of likely N-dealkylation sites (N-methyl/N-ethyl adjacent to an activating group) is 1. The number of aryl methyl sites for hydroxylation is 1. The first kappa shape index (κ1) is 13.5. The summed E-state index contributed by atoms with van der Waals surface area (Å²) >= 11 is 3.41. The summed E-state index contributed by atoms with van der Waals surface area (Å²) in [5.41, 5.74) is 1.94. The minimum absolute atomic E-state index is 0.0369. The molecule has 98 valence electrons. The van der Waals surface area contributed by atoms with Gasteiger partial charge in [0.25, 0.3) is 0 Å². The number of carbonyl (C=O) groups excluding carboxylic acids is 1. The molecule has 1 saturated heterocycles. The molecular formula is C13H18BrN3O. The van der Waals surface area contributed by atoms with Gasteiger partial charge in [-0.2, -0.15) is 0 Å². The van der Waals surface area contributed by atoms with E-state index in [0.29, 0.717) is 12.6 Å². The first-order valence-electron chi connectivity index (χ1n) is 6.03. The van der Waals surface area contributed by atoms with Crippen LogP contribution in [0.5, 0.6) is 0 Å². The zero-order valence-corrected chi connectivity index (χ0v) is 12.3. The van der Waals surface area contributed by atoms with E-state index in [1.807, 2.05) is 32.2 Å². The summed E-state index contributed by atoms with van der Waals surface area (Å²) in [7, 11) is 1.99. The number of benzene rings is 1. The average molecular weight is 312 g/mol. The maximum Gasteiger partial charge on any atom is 0.238 e. The second-order valence-electron chi connectivity index (χ2n) is 4.73. The van der Waals surface area contributed by atoms with Gasteiger partial charge >= 0.3 is 0 Å². The van der Waals surface area contributed by atoms with E-state index >= 15 is 0 Å². The van der Waals surface area contributed by atoms with E-state index in [1.54, 1.807) is 0 Å². The lowest BCUT2D eigenvalue weighted by Gasteiger charge is -2.35. The molecule has 0 atom stereocenters. The van der Waals surface area contributed by atoms with Gasteiger partial charge in [-0.1, -0.05) is 15.9 Å². The Bertz CT molecular complexity index is 446. The van der Waals surface area contributed by atoms with Crippen LogP contribution in [0.15, 0.2) is 22.7 Å². The average Bonchev–Trinajstić information content (AvgIpc) is 2.19. The summed E-state index contributed by atoms with van der Waals surface area (Å²) in [6.45, 7) is 4.37. The molecule has 0 aliphatic carbocycles. The van der Waals surface area contributed by atoms with Gasteiger partial charge in [-0.05, 0) is 37.7 Å². The molecule has 1 aromatic rings. The normalized spacial score (nSPS) is 15.6. The Morgan fingerprint density at radius 3 is 2.83 bits per heavy atom. The van der Waals surface area contributed by atoms with Crippen LogP contribution >= 0.6 is 15.9 Å². The summed E-state index contributed by atoms with van der Waals surface area (Å²) < 4.78 is 1.02. The molecule has 1 heterocycles. The molecule has 0 radical (unpaired) electrons. The Labute approximate surface area is 116 Å². The van der Waals surface area contributed by atoms with Crippen molar-refractivity contribution in [1.29, 1.82) is 0 Å². The number of hydrogen-bond donors (Lipinski definition) is 2. The molecule has 2 N–H and O–H groups in total. The Morgan fingerprint density at radius 1 is 1.56 bits per heavy atom. The molecule has 1 aliphatic heterocycles. The molecular weight excluding hydrogens is 294 g/mol. The summed E-state index contributed by atoms with van der Waals surface area (Å²) in [5, 5.41) is 6.15. The van der Waals surface area contributed by atoms with Crippen LogP contribution in [0, 0.1) is 6.92 Å². The zero-order chi connectivity index (χ0) is 13.1. The summed E-state index contributed by atoms with van der Waals surface area (Å²) in [6, 6.07) is 6.33. The van der Waals surface area contributed by atoms with Crippen molar-refractivity contribution in [2.45, 2.75) is 13.0 Å². The largest absolute Gasteiger partial charge is 0.325 e. The molecule has 1 amide bonds. The fraction of sp³-hybridized carbons (Fsp3) is 0.462. The lowest BCUT2D eigenvalue weighted by Crippen LogP contribution is -2.57. The highest BCUT2D eigenvalue weighted by molar-refractivity contribution is 9.10. The van der Waals surface area contributed by atoms with Crippen molar-refractivity contribution in [2.75, 3.05) is 32.0 Å². The number of nitrogens with one attached hydrogen (secondary N) is 2. The highest BCUT2D eigenvalue weighted by Crippen LogP contribution is 2.19. The van der Waals surface area contributed by atoms with E-state index in [1.165, 1.54) is 0 Å². The number of nitrogens with zero attached hydrogens (tertiary/aromatic N) is 1. The Kier molecular flexibility index (Phi) is 4.37. The Balaban J connectivity index is 1.90. The van der Waals surface area contributed by atoms with E-state index in [2.05, 4.69) is 31.5 Å². The van der Waals surface area contributed by atoms with E-state index in [0.717, 1.165) is 28.8 Å². The van der Waals surface area contributed by atoms with Crippen LogP contribution < -0.4 is 10.6 Å². The lowest BCUT2D eigenvalue weighted by atomic mass is 10.1. The van der Waals surface area contributed by atoms with Gasteiger partial charge in [0.2, 0.25) is 5.91 Å². The van der Waals surface area contributed by atoms with E-state index in [-0.39, 0.29) is 5.91 Å². The zero-order valence-electron chi connectivity index (χ0n) is 10.7. The molecule has 1 aliphatic rings. The first-order chi connectivity index (χ1) is 8.56. The Hall–Kier alpha value is -0.910. The van der Waals surface area contributed by atoms with Crippen LogP contribution in [0.25, 0.3) is 0 Å². The maximum absolute atomic E-state index is 11.9. The maximum atomic E-state index is 11.9. The fourth-order valence-corrected chi connectivity index (χ4v) is 2.37. The second kappa shape index (κ2) is 5.82. The van der Waals surface area contributed by atoms with Crippen LogP contribution in [0.2, 0.25) is 0 Å². The predicted octanol–water partition coefficient (Wildman–Crippen LogP) is 1.60. The monoisotopic (exact) mass is 311 g/mol. The van der Waals surface area contributed by atoms with Gasteiger partial charge in [0.1, 0.15) is 0 Å². The van der Waals surface area contributed by atoms with E-state index in [9.17, 15) is 4.79 Å². The third-order valence-electron chi connectivity index (χ3n) is 3.24. The minimum Gasteiger partial charge on any atom is -0.325 e. The van der Waals surface area contributed by atoms with Crippen molar-refractivity contribution in [3.63, 3.8) is 0 Å². The summed E-state index contributed by atoms with van der Waals surface area (Å²) in [6.07, 6.45) is 0. The van der Waals surface area contributed by atoms with Gasteiger partial charge < -0.3 is 10.6 Å². The van der Waals surface area contributed by atoms with Gasteiger partial charge in [0, 0.05) is 29.3 Å². The van der Waals surface area contributed by atoms with Crippen LogP contribution in [0.3, 0.4) is 0 Å².